The fourth-order valence-corrected chi connectivity index (χ4v) is 2.78. The smallest absolute Gasteiger partial charge is 0.265 e. The van der Waals surface area contributed by atoms with Crippen LogP contribution < -0.4 is 10.5 Å². The molecule has 5 nitrogen and oxygen atoms in total. The summed E-state index contributed by atoms with van der Waals surface area (Å²) in [5.74, 6) is 1.38. The first kappa shape index (κ1) is 12.4. The minimum absolute atomic E-state index is 0.369. The van der Waals surface area contributed by atoms with Crippen LogP contribution in [-0.4, -0.2) is 14.4 Å². The number of aromatic nitrogens is 3. The van der Waals surface area contributed by atoms with Gasteiger partial charge in [0.2, 0.25) is 5.65 Å². The summed E-state index contributed by atoms with van der Waals surface area (Å²) >= 11 is 6.83. The van der Waals surface area contributed by atoms with E-state index in [-0.39, 0.29) is 0 Å². The lowest BCUT2D eigenvalue weighted by atomic mass is 10.3. The van der Waals surface area contributed by atoms with Crippen LogP contribution in [0.5, 0.6) is 11.6 Å². The normalized spacial score (nSPS) is 10.8. The first-order valence-electron chi connectivity index (χ1n) is 5.35. The fourth-order valence-electron chi connectivity index (χ4n) is 1.65. The van der Waals surface area contributed by atoms with E-state index in [0.29, 0.717) is 23.1 Å². The van der Waals surface area contributed by atoms with Gasteiger partial charge in [-0.25, -0.2) is 4.98 Å². The Kier molecular flexibility index (Phi) is 3.16. The molecule has 0 radical (unpaired) electrons. The van der Waals surface area contributed by atoms with Crippen molar-refractivity contribution >= 4 is 43.3 Å². The summed E-state index contributed by atoms with van der Waals surface area (Å²) in [5, 5.41) is 0. The fraction of sp³-hybridized carbons (Fsp3) is 0. The summed E-state index contributed by atoms with van der Waals surface area (Å²) in [6.07, 6.45) is 5.14. The Labute approximate surface area is 125 Å². The van der Waals surface area contributed by atoms with E-state index in [0.717, 1.165) is 8.95 Å². The Balaban J connectivity index is 2.07. The zero-order valence-electron chi connectivity index (χ0n) is 9.55. The Morgan fingerprint density at radius 3 is 2.89 bits per heavy atom. The zero-order valence-corrected chi connectivity index (χ0v) is 12.7. The molecular formula is C12H8Br2N4O. The molecule has 3 rings (SSSR count). The number of halogens is 2. The number of imidazole rings is 1. The molecule has 1 aromatic carbocycles. The average molecular weight is 384 g/mol. The molecule has 2 N–H and O–H groups in total. The van der Waals surface area contributed by atoms with Crippen LogP contribution in [0.1, 0.15) is 0 Å². The van der Waals surface area contributed by atoms with Gasteiger partial charge in [0.25, 0.3) is 5.88 Å². The molecule has 0 amide bonds. The number of hydrogen-bond acceptors (Lipinski definition) is 4. The second kappa shape index (κ2) is 4.82. The maximum atomic E-state index is 5.77. The first-order valence-corrected chi connectivity index (χ1v) is 6.94. The van der Waals surface area contributed by atoms with E-state index < -0.39 is 0 Å². The number of anilines is 1. The summed E-state index contributed by atoms with van der Waals surface area (Å²) in [6, 6.07) is 5.61. The van der Waals surface area contributed by atoms with Gasteiger partial charge in [-0.15, -0.1) is 0 Å². The molecule has 19 heavy (non-hydrogen) atoms. The van der Waals surface area contributed by atoms with Crippen molar-refractivity contribution in [3.63, 3.8) is 0 Å². The molecule has 0 saturated heterocycles. The molecule has 0 bridgehead atoms. The first-order chi connectivity index (χ1) is 9.13. The zero-order chi connectivity index (χ0) is 13.4. The van der Waals surface area contributed by atoms with E-state index in [4.69, 9.17) is 10.5 Å². The van der Waals surface area contributed by atoms with Crippen LogP contribution in [0.2, 0.25) is 0 Å². The lowest BCUT2D eigenvalue weighted by molar-refractivity contribution is 0.463. The third kappa shape index (κ3) is 2.43. The highest BCUT2D eigenvalue weighted by molar-refractivity contribution is 9.11. The highest BCUT2D eigenvalue weighted by Gasteiger charge is 2.10. The number of fused-ring (bicyclic) bond motifs is 1. The molecule has 2 heterocycles. The quantitative estimate of drug-likeness (QED) is 0.733. The molecule has 3 aromatic rings. The largest absolute Gasteiger partial charge is 0.435 e. The lowest BCUT2D eigenvalue weighted by Gasteiger charge is -2.08. The number of nitrogen functional groups attached to an aromatic ring is 1. The van der Waals surface area contributed by atoms with Crippen LogP contribution in [0.3, 0.4) is 0 Å². The van der Waals surface area contributed by atoms with E-state index in [1.807, 2.05) is 18.2 Å². The monoisotopic (exact) mass is 382 g/mol. The van der Waals surface area contributed by atoms with Crippen molar-refractivity contribution in [2.24, 2.45) is 0 Å². The van der Waals surface area contributed by atoms with Gasteiger partial charge in [-0.3, -0.25) is 4.40 Å². The third-order valence-corrected chi connectivity index (χ3v) is 3.58. The van der Waals surface area contributed by atoms with Crippen molar-refractivity contribution in [1.29, 1.82) is 0 Å². The van der Waals surface area contributed by atoms with Gasteiger partial charge in [0, 0.05) is 16.9 Å². The van der Waals surface area contributed by atoms with Crippen molar-refractivity contribution in [3.8, 4) is 11.6 Å². The van der Waals surface area contributed by atoms with Crippen molar-refractivity contribution in [2.45, 2.75) is 0 Å². The summed E-state index contributed by atoms with van der Waals surface area (Å²) in [4.78, 5) is 8.37. The van der Waals surface area contributed by atoms with Gasteiger partial charge in [0.15, 0.2) is 0 Å². The summed E-state index contributed by atoms with van der Waals surface area (Å²) in [7, 11) is 0. The lowest BCUT2D eigenvalue weighted by Crippen LogP contribution is -1.99. The molecule has 0 saturated carbocycles. The van der Waals surface area contributed by atoms with Crippen molar-refractivity contribution in [3.05, 3.63) is 45.7 Å². The van der Waals surface area contributed by atoms with Gasteiger partial charge in [-0.2, -0.15) is 4.98 Å². The minimum Gasteiger partial charge on any atom is -0.435 e. The number of hydrogen-bond donors (Lipinski definition) is 1. The van der Waals surface area contributed by atoms with Crippen molar-refractivity contribution in [2.75, 3.05) is 5.73 Å². The molecule has 0 aliphatic heterocycles. The van der Waals surface area contributed by atoms with Crippen molar-refractivity contribution < 1.29 is 4.74 Å². The SMILES string of the molecule is Nc1cn2ccnc2c(Oc2ccc(Br)cc2Br)n1. The highest BCUT2D eigenvalue weighted by Crippen LogP contribution is 2.32. The molecule has 7 heteroatoms. The Bertz CT molecular complexity index is 757. The summed E-state index contributed by atoms with van der Waals surface area (Å²) < 4.78 is 9.31. The molecule has 0 aliphatic rings. The van der Waals surface area contributed by atoms with Gasteiger partial charge in [-0.1, -0.05) is 15.9 Å². The number of nitrogens with two attached hydrogens (primary N) is 1. The maximum absolute atomic E-state index is 5.77. The molecule has 0 atom stereocenters. The predicted octanol–water partition coefficient (Wildman–Crippen LogP) is 3.63. The number of nitrogens with zero attached hydrogens (tertiary/aromatic N) is 3. The van der Waals surface area contributed by atoms with Crippen LogP contribution in [0.15, 0.2) is 45.7 Å². The standard InChI is InChI=1S/C12H8Br2N4O/c13-7-1-2-9(8(14)5-7)19-12-11-16-3-4-18(11)6-10(15)17-12/h1-6H,15H2. The van der Waals surface area contributed by atoms with Gasteiger partial charge in [0.1, 0.15) is 11.6 Å². The van der Waals surface area contributed by atoms with E-state index in [1.54, 1.807) is 23.0 Å². The Morgan fingerprint density at radius 2 is 2.11 bits per heavy atom. The van der Waals surface area contributed by atoms with Gasteiger partial charge in [-0.05, 0) is 34.1 Å². The minimum atomic E-state index is 0.369. The van der Waals surface area contributed by atoms with Crippen LogP contribution in [0.4, 0.5) is 5.82 Å². The molecule has 0 unspecified atom stereocenters. The number of rotatable bonds is 2. The van der Waals surface area contributed by atoms with Gasteiger partial charge < -0.3 is 10.5 Å². The van der Waals surface area contributed by atoms with Crippen molar-refractivity contribution in [1.82, 2.24) is 14.4 Å². The van der Waals surface area contributed by atoms with E-state index in [2.05, 4.69) is 41.8 Å². The second-order valence-electron chi connectivity index (χ2n) is 3.81. The van der Waals surface area contributed by atoms with Crippen LogP contribution in [0, 0.1) is 0 Å². The molecule has 96 valence electrons. The van der Waals surface area contributed by atoms with Gasteiger partial charge >= 0.3 is 0 Å². The van der Waals surface area contributed by atoms with E-state index in [1.165, 1.54) is 0 Å². The molecule has 2 aromatic heterocycles. The van der Waals surface area contributed by atoms with Gasteiger partial charge in [0.05, 0.1) is 10.7 Å². The summed E-state index contributed by atoms with van der Waals surface area (Å²) in [5.41, 5.74) is 6.36. The summed E-state index contributed by atoms with van der Waals surface area (Å²) in [6.45, 7) is 0. The third-order valence-electron chi connectivity index (χ3n) is 2.46. The van der Waals surface area contributed by atoms with Crippen LogP contribution in [0.25, 0.3) is 5.65 Å². The maximum Gasteiger partial charge on any atom is 0.265 e. The topological polar surface area (TPSA) is 65.4 Å². The molecule has 0 spiro atoms. The number of ether oxygens (including phenoxy) is 1. The van der Waals surface area contributed by atoms with Crippen LogP contribution >= 0.6 is 31.9 Å². The predicted molar refractivity (Wildman–Crippen MR) is 79.3 cm³/mol. The average Bonchev–Trinajstić information content (AvgIpc) is 2.80. The van der Waals surface area contributed by atoms with E-state index >= 15 is 0 Å². The Hall–Kier alpha value is -1.60. The molecule has 0 fully saturated rings. The second-order valence-corrected chi connectivity index (χ2v) is 5.58. The highest BCUT2D eigenvalue weighted by atomic mass is 79.9. The molecule has 0 aliphatic carbocycles. The Morgan fingerprint density at radius 1 is 1.26 bits per heavy atom. The van der Waals surface area contributed by atoms with Crippen LogP contribution in [-0.2, 0) is 0 Å². The molecular weight excluding hydrogens is 376 g/mol. The number of benzene rings is 1. The van der Waals surface area contributed by atoms with E-state index in [9.17, 15) is 0 Å².